The van der Waals surface area contributed by atoms with E-state index in [4.69, 9.17) is 0 Å². The normalized spacial score (nSPS) is 18.9. The first-order valence-electron chi connectivity index (χ1n) is 11.3. The van der Waals surface area contributed by atoms with Gasteiger partial charge in [0.1, 0.15) is 11.9 Å². The van der Waals surface area contributed by atoms with Gasteiger partial charge in [-0.3, -0.25) is 9.69 Å². The number of nitrogens with zero attached hydrogens (tertiary/aromatic N) is 5. The van der Waals surface area contributed by atoms with Crippen LogP contribution in [0, 0.1) is 17.1 Å². The molecule has 168 valence electrons. The zero-order valence-electron chi connectivity index (χ0n) is 18.4. The van der Waals surface area contributed by atoms with Crippen LogP contribution in [0.4, 0.5) is 10.1 Å². The van der Waals surface area contributed by atoms with Crippen LogP contribution in [0.15, 0.2) is 54.6 Å². The average molecular weight is 436 g/mol. The van der Waals surface area contributed by atoms with Gasteiger partial charge in [-0.15, -0.1) is 0 Å². The molecule has 0 aromatic heterocycles. The van der Waals surface area contributed by atoms with Crippen LogP contribution in [0.5, 0.6) is 0 Å². The number of anilines is 1. The fraction of sp³-hybridized carbons (Fsp3) is 0.440. The van der Waals surface area contributed by atoms with Crippen LogP contribution in [0.2, 0.25) is 0 Å². The van der Waals surface area contributed by atoms with Crippen LogP contribution in [0.3, 0.4) is 0 Å². The molecular weight excluding hydrogens is 405 g/mol. The van der Waals surface area contributed by atoms with Crippen molar-refractivity contribution in [3.63, 3.8) is 0 Å². The summed E-state index contributed by atoms with van der Waals surface area (Å²) in [4.78, 5) is 21.4. The molecule has 32 heavy (non-hydrogen) atoms. The Morgan fingerprint density at radius 2 is 1.56 bits per heavy atom. The van der Waals surface area contributed by atoms with Crippen LogP contribution in [-0.2, 0) is 4.79 Å². The predicted molar refractivity (Wildman–Crippen MR) is 123 cm³/mol. The fourth-order valence-corrected chi connectivity index (χ4v) is 4.53. The highest BCUT2D eigenvalue weighted by Gasteiger charge is 2.26. The molecule has 2 aliphatic heterocycles. The summed E-state index contributed by atoms with van der Waals surface area (Å²) in [5.74, 6) is -0.0306. The molecule has 2 aliphatic rings. The minimum Gasteiger partial charge on any atom is -0.368 e. The van der Waals surface area contributed by atoms with Crippen molar-refractivity contribution >= 4 is 11.6 Å². The van der Waals surface area contributed by atoms with E-state index in [1.165, 1.54) is 12.1 Å². The molecule has 2 saturated heterocycles. The molecule has 0 saturated carbocycles. The largest absolute Gasteiger partial charge is 0.368 e. The van der Waals surface area contributed by atoms with Crippen molar-refractivity contribution in [2.24, 2.45) is 0 Å². The Kier molecular flexibility index (Phi) is 7.35. The number of nitriles is 1. The average Bonchev–Trinajstić information content (AvgIpc) is 2.85. The lowest BCUT2D eigenvalue weighted by molar-refractivity contribution is -0.131. The minimum atomic E-state index is -0.230. The molecule has 4 rings (SSSR count). The third-order valence-electron chi connectivity index (χ3n) is 6.48. The lowest BCUT2D eigenvalue weighted by Crippen LogP contribution is -2.50. The first kappa shape index (κ1) is 22.3. The number of carbonyl (C=O) groups is 1. The van der Waals surface area contributed by atoms with Crippen molar-refractivity contribution in [3.8, 4) is 6.07 Å². The van der Waals surface area contributed by atoms with Crippen LogP contribution in [-0.4, -0.2) is 79.5 Å². The third kappa shape index (κ3) is 5.45. The summed E-state index contributed by atoms with van der Waals surface area (Å²) in [6.07, 6.45) is 0.525. The van der Waals surface area contributed by atoms with Crippen molar-refractivity contribution in [2.45, 2.75) is 12.5 Å². The third-order valence-corrected chi connectivity index (χ3v) is 6.48. The molecule has 1 unspecified atom stereocenters. The molecule has 2 aromatic rings. The van der Waals surface area contributed by atoms with Gasteiger partial charge in [-0.1, -0.05) is 30.3 Å². The van der Waals surface area contributed by atoms with E-state index in [2.05, 4.69) is 20.8 Å². The minimum absolute atomic E-state index is 0.199. The van der Waals surface area contributed by atoms with E-state index in [-0.39, 0.29) is 17.8 Å². The number of piperazine rings is 2. The molecule has 0 N–H and O–H groups in total. The molecule has 2 heterocycles. The van der Waals surface area contributed by atoms with Crippen LogP contribution in [0.1, 0.15) is 18.0 Å². The molecule has 1 amide bonds. The number of carbonyl (C=O) groups excluding carboxylic acids is 1. The van der Waals surface area contributed by atoms with E-state index in [0.29, 0.717) is 19.5 Å². The van der Waals surface area contributed by atoms with Crippen molar-refractivity contribution in [1.82, 2.24) is 14.7 Å². The number of hydrogen-bond donors (Lipinski definition) is 0. The standard InChI is InChI=1S/C25H30FN5O/c26-22-6-8-23(9-7-22)29-16-18-31(19-17-29)25(32)10-11-28-12-14-30(15-13-28)24(20-27)21-4-2-1-3-5-21/h1-9,24H,10-19H2. The number of benzene rings is 2. The maximum absolute atomic E-state index is 13.1. The summed E-state index contributed by atoms with van der Waals surface area (Å²) in [6.45, 7) is 7.10. The lowest BCUT2D eigenvalue weighted by Gasteiger charge is -2.38. The molecule has 0 aliphatic carbocycles. The maximum atomic E-state index is 13.1. The highest BCUT2D eigenvalue weighted by Crippen LogP contribution is 2.21. The Balaban J connectivity index is 1.19. The molecule has 1 atom stereocenters. The highest BCUT2D eigenvalue weighted by molar-refractivity contribution is 5.76. The van der Waals surface area contributed by atoms with E-state index >= 15 is 0 Å². The monoisotopic (exact) mass is 435 g/mol. The maximum Gasteiger partial charge on any atom is 0.223 e. The number of amides is 1. The molecule has 7 heteroatoms. The number of hydrogen-bond acceptors (Lipinski definition) is 5. The zero-order valence-corrected chi connectivity index (χ0v) is 18.4. The van der Waals surface area contributed by atoms with Gasteiger partial charge in [0, 0.05) is 71.0 Å². The van der Waals surface area contributed by atoms with Crippen LogP contribution >= 0.6 is 0 Å². The summed E-state index contributed by atoms with van der Waals surface area (Å²) >= 11 is 0. The van der Waals surface area contributed by atoms with E-state index in [0.717, 1.165) is 57.1 Å². The molecule has 0 bridgehead atoms. The van der Waals surface area contributed by atoms with E-state index in [9.17, 15) is 14.4 Å². The predicted octanol–water partition coefficient (Wildman–Crippen LogP) is 2.75. The molecule has 2 fully saturated rings. The SMILES string of the molecule is N#CC(c1ccccc1)N1CCN(CCC(=O)N2CCN(c3ccc(F)cc3)CC2)CC1. The van der Waals surface area contributed by atoms with Crippen molar-refractivity contribution in [2.75, 3.05) is 63.8 Å². The van der Waals surface area contributed by atoms with Crippen LogP contribution in [0.25, 0.3) is 0 Å². The van der Waals surface area contributed by atoms with E-state index in [1.54, 1.807) is 12.1 Å². The molecule has 0 spiro atoms. The van der Waals surface area contributed by atoms with Crippen molar-refractivity contribution in [1.29, 1.82) is 5.26 Å². The molecule has 2 aromatic carbocycles. The van der Waals surface area contributed by atoms with Gasteiger partial charge >= 0.3 is 0 Å². The van der Waals surface area contributed by atoms with Gasteiger partial charge in [0.2, 0.25) is 5.91 Å². The second-order valence-corrected chi connectivity index (χ2v) is 8.41. The van der Waals surface area contributed by atoms with Gasteiger partial charge < -0.3 is 14.7 Å². The number of halogens is 1. The van der Waals surface area contributed by atoms with Gasteiger partial charge in [-0.25, -0.2) is 4.39 Å². The van der Waals surface area contributed by atoms with Gasteiger partial charge in [0.05, 0.1) is 6.07 Å². The lowest BCUT2D eigenvalue weighted by atomic mass is 10.1. The van der Waals surface area contributed by atoms with Gasteiger partial charge in [0.15, 0.2) is 0 Å². The highest BCUT2D eigenvalue weighted by atomic mass is 19.1. The topological polar surface area (TPSA) is 53.8 Å². The first-order valence-corrected chi connectivity index (χ1v) is 11.3. The van der Waals surface area contributed by atoms with E-state index in [1.807, 2.05) is 35.2 Å². The van der Waals surface area contributed by atoms with Gasteiger partial charge in [-0.2, -0.15) is 5.26 Å². The number of rotatable bonds is 6. The quantitative estimate of drug-likeness (QED) is 0.699. The summed E-state index contributed by atoms with van der Waals surface area (Å²) < 4.78 is 13.1. The van der Waals surface area contributed by atoms with Crippen molar-refractivity contribution < 1.29 is 9.18 Å². The van der Waals surface area contributed by atoms with Gasteiger partial charge in [-0.05, 0) is 29.8 Å². The van der Waals surface area contributed by atoms with Crippen LogP contribution < -0.4 is 4.90 Å². The zero-order chi connectivity index (χ0) is 22.3. The Labute approximate surface area is 189 Å². The molecule has 6 nitrogen and oxygen atoms in total. The Bertz CT molecular complexity index is 914. The summed E-state index contributed by atoms with van der Waals surface area (Å²) in [5, 5.41) is 9.65. The Hall–Kier alpha value is -2.95. The second-order valence-electron chi connectivity index (χ2n) is 8.41. The molecule has 0 radical (unpaired) electrons. The van der Waals surface area contributed by atoms with E-state index < -0.39 is 0 Å². The summed E-state index contributed by atoms with van der Waals surface area (Å²) in [5.41, 5.74) is 2.04. The molecular formula is C25H30FN5O. The Morgan fingerprint density at radius 1 is 0.906 bits per heavy atom. The summed E-state index contributed by atoms with van der Waals surface area (Å²) in [7, 11) is 0. The fourth-order valence-electron chi connectivity index (χ4n) is 4.53. The Morgan fingerprint density at radius 3 is 2.19 bits per heavy atom. The smallest absolute Gasteiger partial charge is 0.223 e. The van der Waals surface area contributed by atoms with Crippen molar-refractivity contribution in [3.05, 3.63) is 66.0 Å². The summed E-state index contributed by atoms with van der Waals surface area (Å²) in [6, 6.07) is 18.7. The second kappa shape index (κ2) is 10.6. The van der Waals surface area contributed by atoms with Gasteiger partial charge in [0.25, 0.3) is 0 Å². The first-order chi connectivity index (χ1) is 15.6.